The zero-order chi connectivity index (χ0) is 13.5. The Hall–Kier alpha value is -1.97. The van der Waals surface area contributed by atoms with Crippen molar-refractivity contribution in [3.8, 4) is 0 Å². The third kappa shape index (κ3) is 2.32. The molecule has 1 heterocycles. The van der Waals surface area contributed by atoms with Gasteiger partial charge in [0, 0.05) is 23.6 Å². The Balaban J connectivity index is 2.46. The van der Waals surface area contributed by atoms with Gasteiger partial charge in [0.05, 0.1) is 0 Å². The van der Waals surface area contributed by atoms with E-state index in [1.54, 1.807) is 6.07 Å². The van der Waals surface area contributed by atoms with Gasteiger partial charge in [-0.15, -0.1) is 0 Å². The number of rotatable bonds is 1. The molecule has 0 aliphatic heterocycles. The summed E-state index contributed by atoms with van der Waals surface area (Å²) in [5, 5.41) is 0.943. The van der Waals surface area contributed by atoms with E-state index in [4.69, 9.17) is 10.5 Å². The van der Waals surface area contributed by atoms with Gasteiger partial charge < -0.3 is 15.0 Å². The van der Waals surface area contributed by atoms with Crippen LogP contribution in [0.25, 0.3) is 10.9 Å². The minimum Gasteiger partial charge on any atom is -0.455 e. The molecule has 2 rings (SSSR count). The molecule has 18 heavy (non-hydrogen) atoms. The summed E-state index contributed by atoms with van der Waals surface area (Å²) in [5.74, 6) is -0.320. The summed E-state index contributed by atoms with van der Waals surface area (Å²) < 4.78 is 7.20. The van der Waals surface area contributed by atoms with Gasteiger partial charge in [0.1, 0.15) is 11.3 Å². The lowest BCUT2D eigenvalue weighted by molar-refractivity contribution is 0.00595. The highest BCUT2D eigenvalue weighted by Gasteiger charge is 2.21. The summed E-state index contributed by atoms with van der Waals surface area (Å²) in [6, 6.07) is 7.38. The number of carbonyl (C=O) groups excluding carboxylic acids is 1. The number of nitrogens with two attached hydrogens (primary N) is 1. The standard InChI is InChI=1S/C14H18N2O2/c1-14(2,3)18-13(17)12-8-9-7-10(15)5-6-11(9)16(12)4/h5-8H,15H2,1-4H3. The number of esters is 1. The van der Waals surface area contributed by atoms with Crippen molar-refractivity contribution in [1.82, 2.24) is 4.57 Å². The van der Waals surface area contributed by atoms with Gasteiger partial charge in [-0.1, -0.05) is 0 Å². The van der Waals surface area contributed by atoms with E-state index in [-0.39, 0.29) is 5.97 Å². The molecule has 0 aliphatic carbocycles. The third-order valence-electron chi connectivity index (χ3n) is 2.67. The summed E-state index contributed by atoms with van der Waals surface area (Å²) in [4.78, 5) is 12.1. The lowest BCUT2D eigenvalue weighted by atomic mass is 10.2. The van der Waals surface area contributed by atoms with Crippen LogP contribution >= 0.6 is 0 Å². The first kappa shape index (κ1) is 12.5. The van der Waals surface area contributed by atoms with Gasteiger partial charge in [-0.3, -0.25) is 0 Å². The molecule has 0 bridgehead atoms. The molecule has 96 valence electrons. The molecule has 0 unspecified atom stereocenters. The fourth-order valence-electron chi connectivity index (χ4n) is 1.89. The molecule has 4 nitrogen and oxygen atoms in total. The smallest absolute Gasteiger partial charge is 0.355 e. The monoisotopic (exact) mass is 246 g/mol. The fraction of sp³-hybridized carbons (Fsp3) is 0.357. The van der Waals surface area contributed by atoms with E-state index >= 15 is 0 Å². The summed E-state index contributed by atoms with van der Waals surface area (Å²) >= 11 is 0. The van der Waals surface area contributed by atoms with E-state index in [0.717, 1.165) is 10.9 Å². The van der Waals surface area contributed by atoms with Crippen LogP contribution in [0.2, 0.25) is 0 Å². The Morgan fingerprint density at radius 3 is 2.56 bits per heavy atom. The predicted octanol–water partition coefficient (Wildman–Crippen LogP) is 2.72. The van der Waals surface area contributed by atoms with Gasteiger partial charge >= 0.3 is 5.97 Å². The maximum absolute atomic E-state index is 12.1. The molecule has 0 fully saturated rings. The predicted molar refractivity (Wildman–Crippen MR) is 72.5 cm³/mol. The average Bonchev–Trinajstić information content (AvgIpc) is 2.53. The van der Waals surface area contributed by atoms with E-state index < -0.39 is 5.60 Å². The number of aromatic nitrogens is 1. The second-order valence-electron chi connectivity index (χ2n) is 5.41. The topological polar surface area (TPSA) is 57.2 Å². The summed E-state index contributed by atoms with van der Waals surface area (Å²) in [5.41, 5.74) is 7.42. The number of ether oxygens (including phenoxy) is 1. The van der Waals surface area contributed by atoms with Crippen molar-refractivity contribution >= 4 is 22.6 Å². The third-order valence-corrected chi connectivity index (χ3v) is 2.67. The minimum absolute atomic E-state index is 0.320. The molecule has 0 saturated heterocycles. The van der Waals surface area contributed by atoms with Crippen LogP contribution in [0.1, 0.15) is 31.3 Å². The molecule has 0 spiro atoms. The Morgan fingerprint density at radius 1 is 1.28 bits per heavy atom. The number of nitrogen functional groups attached to an aromatic ring is 1. The number of benzene rings is 1. The number of fused-ring (bicyclic) bond motifs is 1. The van der Waals surface area contributed by atoms with Crippen LogP contribution in [0, 0.1) is 0 Å². The molecule has 2 N–H and O–H groups in total. The first-order valence-electron chi connectivity index (χ1n) is 5.86. The van der Waals surface area contributed by atoms with Crippen molar-refractivity contribution in [3.05, 3.63) is 30.0 Å². The van der Waals surface area contributed by atoms with Crippen molar-refractivity contribution in [3.63, 3.8) is 0 Å². The van der Waals surface area contributed by atoms with Gasteiger partial charge in [0.2, 0.25) is 0 Å². The normalized spacial score (nSPS) is 11.8. The molecule has 0 saturated carbocycles. The van der Waals surface area contributed by atoms with Crippen LogP contribution in [0.5, 0.6) is 0 Å². The van der Waals surface area contributed by atoms with Gasteiger partial charge in [-0.25, -0.2) is 4.79 Å². The quantitative estimate of drug-likeness (QED) is 0.621. The zero-order valence-electron chi connectivity index (χ0n) is 11.2. The Bertz CT molecular complexity index is 606. The molecule has 0 atom stereocenters. The van der Waals surface area contributed by atoms with E-state index in [9.17, 15) is 4.79 Å². The summed E-state index contributed by atoms with van der Waals surface area (Å²) in [6.45, 7) is 5.56. The van der Waals surface area contributed by atoms with Crippen molar-refractivity contribution in [2.24, 2.45) is 7.05 Å². The van der Waals surface area contributed by atoms with Crippen LogP contribution in [0.4, 0.5) is 5.69 Å². The van der Waals surface area contributed by atoms with Crippen LogP contribution < -0.4 is 5.73 Å². The van der Waals surface area contributed by atoms with Crippen LogP contribution in [-0.2, 0) is 11.8 Å². The van der Waals surface area contributed by atoms with E-state index in [1.807, 2.05) is 50.6 Å². The molecule has 1 aromatic heterocycles. The molecular formula is C14H18N2O2. The van der Waals surface area contributed by atoms with Crippen LogP contribution in [-0.4, -0.2) is 16.1 Å². The molecule has 1 aromatic carbocycles. The number of carbonyl (C=O) groups is 1. The highest BCUT2D eigenvalue weighted by Crippen LogP contribution is 2.23. The van der Waals surface area contributed by atoms with Gasteiger partial charge in [-0.2, -0.15) is 0 Å². The van der Waals surface area contributed by atoms with Gasteiger partial charge in [-0.05, 0) is 45.0 Å². The SMILES string of the molecule is Cn1c(C(=O)OC(C)(C)C)cc2cc(N)ccc21. The van der Waals surface area contributed by atoms with Gasteiger partial charge in [0.15, 0.2) is 0 Å². The summed E-state index contributed by atoms with van der Waals surface area (Å²) in [6.07, 6.45) is 0. The van der Waals surface area contributed by atoms with Crippen molar-refractivity contribution in [2.75, 3.05) is 5.73 Å². The molecule has 0 radical (unpaired) electrons. The number of hydrogen-bond donors (Lipinski definition) is 1. The highest BCUT2D eigenvalue weighted by atomic mass is 16.6. The second-order valence-corrected chi connectivity index (χ2v) is 5.41. The minimum atomic E-state index is -0.493. The van der Waals surface area contributed by atoms with Crippen LogP contribution in [0.15, 0.2) is 24.3 Å². The Labute approximate surface area is 106 Å². The first-order valence-corrected chi connectivity index (χ1v) is 5.86. The highest BCUT2D eigenvalue weighted by molar-refractivity contribution is 5.96. The molecule has 4 heteroatoms. The number of anilines is 1. The van der Waals surface area contributed by atoms with Gasteiger partial charge in [0.25, 0.3) is 0 Å². The first-order chi connectivity index (χ1) is 8.28. The Kier molecular flexibility index (Phi) is 2.81. The Morgan fingerprint density at radius 2 is 1.94 bits per heavy atom. The van der Waals surface area contributed by atoms with Crippen molar-refractivity contribution in [1.29, 1.82) is 0 Å². The maximum Gasteiger partial charge on any atom is 0.355 e. The van der Waals surface area contributed by atoms with E-state index in [1.165, 1.54) is 0 Å². The van der Waals surface area contributed by atoms with Crippen molar-refractivity contribution < 1.29 is 9.53 Å². The molecule has 0 aliphatic rings. The molecule has 0 amide bonds. The largest absolute Gasteiger partial charge is 0.455 e. The lowest BCUT2D eigenvalue weighted by Gasteiger charge is -2.19. The number of aryl methyl sites for hydroxylation is 1. The average molecular weight is 246 g/mol. The summed E-state index contributed by atoms with van der Waals surface area (Å²) in [7, 11) is 1.85. The second kappa shape index (κ2) is 4.05. The van der Waals surface area contributed by atoms with E-state index in [0.29, 0.717) is 11.4 Å². The van der Waals surface area contributed by atoms with Crippen LogP contribution in [0.3, 0.4) is 0 Å². The zero-order valence-corrected chi connectivity index (χ0v) is 11.2. The molecular weight excluding hydrogens is 228 g/mol. The lowest BCUT2D eigenvalue weighted by Crippen LogP contribution is -2.25. The molecule has 2 aromatic rings. The van der Waals surface area contributed by atoms with Crippen molar-refractivity contribution in [2.45, 2.75) is 26.4 Å². The fourth-order valence-corrected chi connectivity index (χ4v) is 1.89. The maximum atomic E-state index is 12.1. The van der Waals surface area contributed by atoms with E-state index in [2.05, 4.69) is 0 Å². The number of hydrogen-bond acceptors (Lipinski definition) is 3. The number of nitrogens with zero attached hydrogens (tertiary/aromatic N) is 1.